The Morgan fingerprint density at radius 1 is 1.35 bits per heavy atom. The lowest BCUT2D eigenvalue weighted by Gasteiger charge is -2.12. The van der Waals surface area contributed by atoms with E-state index in [4.69, 9.17) is 4.52 Å². The maximum atomic E-state index is 12.9. The van der Waals surface area contributed by atoms with Crippen molar-refractivity contribution in [3.05, 3.63) is 47.3 Å². The van der Waals surface area contributed by atoms with Gasteiger partial charge in [-0.05, 0) is 38.0 Å². The fourth-order valence-corrected chi connectivity index (χ4v) is 2.84. The number of hydrogen-bond donors (Lipinski definition) is 1. The van der Waals surface area contributed by atoms with E-state index in [1.807, 2.05) is 0 Å². The Labute approximate surface area is 147 Å². The molecule has 26 heavy (non-hydrogen) atoms. The minimum Gasteiger partial charge on any atom is -0.433 e. The zero-order valence-electron chi connectivity index (χ0n) is 13.8. The molecular formula is C18H15F2N3O3. The average molecular weight is 359 g/mol. The van der Waals surface area contributed by atoms with E-state index in [1.54, 1.807) is 25.1 Å². The first-order valence-electron chi connectivity index (χ1n) is 8.15. The van der Waals surface area contributed by atoms with Gasteiger partial charge < -0.3 is 14.6 Å². The molecule has 0 saturated heterocycles. The number of aromatic nitrogens is 2. The van der Waals surface area contributed by atoms with Gasteiger partial charge in [-0.25, -0.2) is 4.98 Å². The number of carbonyl (C=O) groups excluding carboxylic acids is 1. The van der Waals surface area contributed by atoms with E-state index in [0.29, 0.717) is 28.3 Å². The Bertz CT molecular complexity index is 983. The van der Waals surface area contributed by atoms with Crippen LogP contribution in [-0.4, -0.2) is 22.7 Å². The van der Waals surface area contributed by atoms with Crippen LogP contribution in [0.4, 0.5) is 14.5 Å². The molecule has 0 unspecified atom stereocenters. The Morgan fingerprint density at radius 2 is 2.12 bits per heavy atom. The predicted molar refractivity (Wildman–Crippen MR) is 89.5 cm³/mol. The van der Waals surface area contributed by atoms with Gasteiger partial charge in [0.25, 0.3) is 11.6 Å². The summed E-state index contributed by atoms with van der Waals surface area (Å²) in [5.41, 5.74) is 2.12. The molecule has 1 N–H and O–H groups in total. The number of anilines is 1. The smallest absolute Gasteiger partial charge is 0.387 e. The fraction of sp³-hybridized carbons (Fsp3) is 0.278. The first kappa shape index (κ1) is 16.4. The molecular weight excluding hydrogens is 344 g/mol. The second-order valence-electron chi connectivity index (χ2n) is 6.15. The van der Waals surface area contributed by atoms with E-state index < -0.39 is 12.5 Å². The topological polar surface area (TPSA) is 77.2 Å². The van der Waals surface area contributed by atoms with E-state index in [9.17, 15) is 13.6 Å². The summed E-state index contributed by atoms with van der Waals surface area (Å²) < 4.78 is 34.8. The molecule has 1 saturated carbocycles. The van der Waals surface area contributed by atoms with Crippen molar-refractivity contribution < 1.29 is 22.8 Å². The van der Waals surface area contributed by atoms with E-state index in [2.05, 4.69) is 20.2 Å². The van der Waals surface area contributed by atoms with Crippen molar-refractivity contribution in [3.8, 4) is 5.75 Å². The van der Waals surface area contributed by atoms with Crippen LogP contribution in [0.2, 0.25) is 0 Å². The third kappa shape index (κ3) is 3.10. The number of para-hydroxylation sites is 2. The molecule has 0 bridgehead atoms. The number of carbonyl (C=O) groups is 1. The van der Waals surface area contributed by atoms with E-state index in [-0.39, 0.29) is 11.4 Å². The molecule has 2 aromatic heterocycles. The van der Waals surface area contributed by atoms with Crippen molar-refractivity contribution >= 4 is 22.7 Å². The van der Waals surface area contributed by atoms with Crippen LogP contribution in [0.5, 0.6) is 5.75 Å². The van der Waals surface area contributed by atoms with Crippen LogP contribution in [0.15, 0.2) is 34.9 Å². The molecule has 0 atom stereocenters. The van der Waals surface area contributed by atoms with Crippen molar-refractivity contribution in [2.45, 2.75) is 32.3 Å². The van der Waals surface area contributed by atoms with E-state index in [0.717, 1.165) is 18.5 Å². The molecule has 1 fully saturated rings. The summed E-state index contributed by atoms with van der Waals surface area (Å²) >= 11 is 0. The van der Waals surface area contributed by atoms with Gasteiger partial charge in [0.05, 0.1) is 22.3 Å². The Balaban J connectivity index is 1.72. The minimum atomic E-state index is -2.98. The monoisotopic (exact) mass is 359 g/mol. The number of nitrogens with zero attached hydrogens (tertiary/aromatic N) is 2. The zero-order chi connectivity index (χ0) is 18.3. The van der Waals surface area contributed by atoms with Gasteiger partial charge in [0.2, 0.25) is 0 Å². The van der Waals surface area contributed by atoms with Crippen LogP contribution >= 0.6 is 0 Å². The second kappa shape index (κ2) is 6.36. The number of rotatable bonds is 5. The molecule has 1 amide bonds. The molecule has 0 aliphatic heterocycles. The Kier molecular flexibility index (Phi) is 4.02. The number of pyridine rings is 1. The van der Waals surface area contributed by atoms with Crippen molar-refractivity contribution in [2.75, 3.05) is 5.32 Å². The molecule has 0 spiro atoms. The lowest BCUT2D eigenvalue weighted by molar-refractivity contribution is -0.0493. The van der Waals surface area contributed by atoms with Crippen LogP contribution in [0.25, 0.3) is 11.1 Å². The molecule has 3 aromatic rings. The minimum absolute atomic E-state index is 0.106. The predicted octanol–water partition coefficient (Wildman–Crippen LogP) is 4.26. The zero-order valence-corrected chi connectivity index (χ0v) is 13.8. The first-order chi connectivity index (χ1) is 12.5. The first-order valence-corrected chi connectivity index (χ1v) is 8.15. The highest BCUT2D eigenvalue weighted by Gasteiger charge is 2.28. The number of ether oxygens (including phenoxy) is 1. The normalized spacial score (nSPS) is 14.0. The van der Waals surface area contributed by atoms with Crippen molar-refractivity contribution in [1.29, 1.82) is 0 Å². The molecule has 1 aliphatic carbocycles. The van der Waals surface area contributed by atoms with Gasteiger partial charge in [-0.1, -0.05) is 17.3 Å². The molecule has 6 nitrogen and oxygen atoms in total. The molecule has 134 valence electrons. The standard InChI is InChI=1S/C18H15F2N3O3/c1-9-15-11(8-13(10-6-7-10)22-17(15)26-23-9)16(24)21-12-4-2-3-5-14(12)25-18(19)20/h2-5,8,10,18H,6-7H2,1H3,(H,21,24). The molecule has 2 heterocycles. The number of amides is 1. The maximum Gasteiger partial charge on any atom is 0.387 e. The number of aryl methyl sites for hydroxylation is 1. The second-order valence-corrected chi connectivity index (χ2v) is 6.15. The third-order valence-electron chi connectivity index (χ3n) is 4.23. The van der Waals surface area contributed by atoms with Crippen molar-refractivity contribution in [3.63, 3.8) is 0 Å². The molecule has 0 radical (unpaired) electrons. The number of halogens is 2. The lowest BCUT2D eigenvalue weighted by Crippen LogP contribution is -2.15. The maximum absolute atomic E-state index is 12.9. The summed E-state index contributed by atoms with van der Waals surface area (Å²) in [4.78, 5) is 17.3. The Morgan fingerprint density at radius 3 is 2.85 bits per heavy atom. The molecule has 4 rings (SSSR count). The molecule has 8 heteroatoms. The van der Waals surface area contributed by atoms with Crippen LogP contribution in [0.1, 0.15) is 40.5 Å². The number of alkyl halides is 2. The summed E-state index contributed by atoms with van der Waals surface area (Å²) in [7, 11) is 0. The van der Waals surface area contributed by atoms with Gasteiger partial charge in [0.1, 0.15) is 5.75 Å². The summed E-state index contributed by atoms with van der Waals surface area (Å²) in [6.07, 6.45) is 2.02. The summed E-state index contributed by atoms with van der Waals surface area (Å²) in [6, 6.07) is 7.75. The van der Waals surface area contributed by atoms with Crippen LogP contribution < -0.4 is 10.1 Å². The molecule has 1 aliphatic rings. The van der Waals surface area contributed by atoms with Gasteiger partial charge in [-0.2, -0.15) is 8.78 Å². The van der Waals surface area contributed by atoms with Crippen LogP contribution in [0.3, 0.4) is 0 Å². The summed E-state index contributed by atoms with van der Waals surface area (Å²) in [6.45, 7) is -1.27. The summed E-state index contributed by atoms with van der Waals surface area (Å²) in [5, 5.41) is 7.03. The van der Waals surface area contributed by atoms with Crippen LogP contribution in [0, 0.1) is 6.92 Å². The van der Waals surface area contributed by atoms with Gasteiger partial charge in [-0.3, -0.25) is 4.79 Å². The van der Waals surface area contributed by atoms with Gasteiger partial charge in [0, 0.05) is 11.6 Å². The highest BCUT2D eigenvalue weighted by Crippen LogP contribution is 2.40. The van der Waals surface area contributed by atoms with E-state index in [1.165, 1.54) is 12.1 Å². The van der Waals surface area contributed by atoms with E-state index >= 15 is 0 Å². The molecule has 1 aromatic carbocycles. The largest absolute Gasteiger partial charge is 0.433 e. The van der Waals surface area contributed by atoms with Gasteiger partial charge in [0.15, 0.2) is 0 Å². The van der Waals surface area contributed by atoms with Gasteiger partial charge in [-0.15, -0.1) is 0 Å². The summed E-state index contributed by atoms with van der Waals surface area (Å²) in [5.74, 6) is -0.257. The number of nitrogens with one attached hydrogen (secondary N) is 1. The fourth-order valence-electron chi connectivity index (χ4n) is 2.84. The van der Waals surface area contributed by atoms with Crippen molar-refractivity contribution in [2.24, 2.45) is 0 Å². The van der Waals surface area contributed by atoms with Crippen molar-refractivity contribution in [1.82, 2.24) is 10.1 Å². The lowest BCUT2D eigenvalue weighted by atomic mass is 10.1. The van der Waals surface area contributed by atoms with Gasteiger partial charge >= 0.3 is 6.61 Å². The number of benzene rings is 1. The Hall–Kier alpha value is -3.03. The highest BCUT2D eigenvalue weighted by molar-refractivity contribution is 6.12. The SMILES string of the molecule is Cc1noc2nc(C3CC3)cc(C(=O)Nc3ccccc3OC(F)F)c12. The third-order valence-corrected chi connectivity index (χ3v) is 4.23. The van der Waals surface area contributed by atoms with Crippen LogP contribution in [-0.2, 0) is 0 Å². The average Bonchev–Trinajstić information content (AvgIpc) is 3.39. The number of hydrogen-bond acceptors (Lipinski definition) is 5. The highest BCUT2D eigenvalue weighted by atomic mass is 19.3. The number of fused-ring (bicyclic) bond motifs is 1. The quantitative estimate of drug-likeness (QED) is 0.736.